The van der Waals surface area contributed by atoms with Crippen LogP contribution in [0.4, 0.5) is 0 Å². The van der Waals surface area contributed by atoms with E-state index in [4.69, 9.17) is 21.1 Å². The minimum Gasteiger partial charge on any atom is -0.493 e. The maximum atomic E-state index is 12.8. The van der Waals surface area contributed by atoms with Crippen LogP contribution >= 0.6 is 11.6 Å². The molecular weight excluding hydrogens is 364 g/mol. The topological polar surface area (TPSA) is 63.3 Å². The van der Waals surface area contributed by atoms with Crippen molar-refractivity contribution < 1.29 is 14.3 Å². The predicted octanol–water partition coefficient (Wildman–Crippen LogP) is 4.65. The minimum atomic E-state index is -0.140. The average Bonchev–Trinajstić information content (AvgIpc) is 3.08. The number of hydrogen-bond donors (Lipinski definition) is 2. The lowest BCUT2D eigenvalue weighted by Gasteiger charge is -2.24. The van der Waals surface area contributed by atoms with E-state index < -0.39 is 0 Å². The summed E-state index contributed by atoms with van der Waals surface area (Å²) in [5.41, 5.74) is 3.78. The lowest BCUT2D eigenvalue weighted by molar-refractivity contribution is 0.0931. The molecule has 0 saturated heterocycles. The zero-order chi connectivity index (χ0) is 19.0. The number of benzene rings is 2. The van der Waals surface area contributed by atoms with Gasteiger partial charge in [-0.3, -0.25) is 4.79 Å². The summed E-state index contributed by atoms with van der Waals surface area (Å²) in [6.07, 6.45) is 2.89. The summed E-state index contributed by atoms with van der Waals surface area (Å²) in [6, 6.07) is 11.0. The number of para-hydroxylation sites is 1. The highest BCUT2D eigenvalue weighted by atomic mass is 35.5. The first-order valence-electron chi connectivity index (χ1n) is 8.94. The molecule has 0 radical (unpaired) electrons. The molecule has 27 heavy (non-hydrogen) atoms. The van der Waals surface area contributed by atoms with Crippen LogP contribution in [0.3, 0.4) is 0 Å². The number of carbonyl (C=O) groups excluding carboxylic acids is 1. The molecule has 5 nitrogen and oxygen atoms in total. The van der Waals surface area contributed by atoms with Gasteiger partial charge in [-0.05, 0) is 49.1 Å². The molecular formula is C21H21ClN2O3. The summed E-state index contributed by atoms with van der Waals surface area (Å²) in [6.45, 7) is 0. The van der Waals surface area contributed by atoms with Crippen LogP contribution < -0.4 is 14.8 Å². The Hall–Kier alpha value is -2.66. The Morgan fingerprint density at radius 2 is 2.00 bits per heavy atom. The molecule has 1 amide bonds. The van der Waals surface area contributed by atoms with Crippen molar-refractivity contribution in [2.24, 2.45) is 0 Å². The zero-order valence-electron chi connectivity index (χ0n) is 15.3. The number of aromatic nitrogens is 1. The Bertz CT molecular complexity index is 1010. The molecule has 6 heteroatoms. The van der Waals surface area contributed by atoms with Crippen molar-refractivity contribution in [1.82, 2.24) is 10.3 Å². The molecule has 1 aliphatic rings. The third kappa shape index (κ3) is 3.12. The first-order valence-corrected chi connectivity index (χ1v) is 9.32. The zero-order valence-corrected chi connectivity index (χ0v) is 16.0. The predicted molar refractivity (Wildman–Crippen MR) is 106 cm³/mol. The molecule has 1 atom stereocenters. The van der Waals surface area contributed by atoms with E-state index in [1.165, 1.54) is 5.56 Å². The van der Waals surface area contributed by atoms with Crippen molar-refractivity contribution in [2.45, 2.75) is 25.3 Å². The fourth-order valence-electron chi connectivity index (χ4n) is 3.82. The van der Waals surface area contributed by atoms with Crippen molar-refractivity contribution in [1.29, 1.82) is 0 Å². The quantitative estimate of drug-likeness (QED) is 0.688. The lowest BCUT2D eigenvalue weighted by Crippen LogP contribution is -2.31. The van der Waals surface area contributed by atoms with E-state index in [1.807, 2.05) is 12.1 Å². The summed E-state index contributed by atoms with van der Waals surface area (Å²) >= 11 is 6.34. The normalized spacial score (nSPS) is 16.0. The van der Waals surface area contributed by atoms with Crippen molar-refractivity contribution in [3.05, 3.63) is 58.2 Å². The van der Waals surface area contributed by atoms with E-state index in [1.54, 1.807) is 32.4 Å². The van der Waals surface area contributed by atoms with E-state index in [2.05, 4.69) is 16.4 Å². The van der Waals surface area contributed by atoms with Gasteiger partial charge in [0.2, 0.25) is 0 Å². The average molecular weight is 385 g/mol. The maximum absolute atomic E-state index is 12.8. The summed E-state index contributed by atoms with van der Waals surface area (Å²) in [5, 5.41) is 4.99. The highest BCUT2D eigenvalue weighted by molar-refractivity contribution is 6.35. The Labute approximate surface area is 162 Å². The molecule has 2 aromatic carbocycles. The number of carbonyl (C=O) groups is 1. The van der Waals surface area contributed by atoms with Gasteiger partial charge in [-0.25, -0.2) is 0 Å². The third-order valence-corrected chi connectivity index (χ3v) is 5.46. The lowest BCUT2D eigenvalue weighted by atomic mass is 9.91. The minimum absolute atomic E-state index is 0.0715. The fourth-order valence-corrected chi connectivity index (χ4v) is 4.04. The van der Waals surface area contributed by atoms with Gasteiger partial charge in [-0.1, -0.05) is 23.7 Å². The molecule has 1 aromatic heterocycles. The summed E-state index contributed by atoms with van der Waals surface area (Å²) in [5.74, 6) is 0.990. The van der Waals surface area contributed by atoms with E-state index in [9.17, 15) is 4.79 Å². The largest absolute Gasteiger partial charge is 0.493 e. The van der Waals surface area contributed by atoms with E-state index in [0.717, 1.165) is 35.9 Å². The van der Waals surface area contributed by atoms with Gasteiger partial charge in [0.25, 0.3) is 5.91 Å². The number of H-pyrrole nitrogens is 1. The van der Waals surface area contributed by atoms with E-state index in [-0.39, 0.29) is 11.9 Å². The molecule has 0 bridgehead atoms. The van der Waals surface area contributed by atoms with Gasteiger partial charge >= 0.3 is 0 Å². The second-order valence-corrected chi connectivity index (χ2v) is 7.07. The number of halogens is 1. The number of hydrogen-bond acceptors (Lipinski definition) is 3. The monoisotopic (exact) mass is 384 g/mol. The van der Waals surface area contributed by atoms with Crippen molar-refractivity contribution in [3.63, 3.8) is 0 Å². The van der Waals surface area contributed by atoms with Gasteiger partial charge in [-0.2, -0.15) is 0 Å². The molecule has 1 aliphatic carbocycles. The van der Waals surface area contributed by atoms with Gasteiger partial charge in [0.1, 0.15) is 0 Å². The number of methoxy groups -OCH3 is 2. The van der Waals surface area contributed by atoms with Crippen LogP contribution in [0.25, 0.3) is 10.9 Å². The highest BCUT2D eigenvalue weighted by Crippen LogP contribution is 2.37. The van der Waals surface area contributed by atoms with Gasteiger partial charge < -0.3 is 19.8 Å². The van der Waals surface area contributed by atoms with Crippen LogP contribution in [0.5, 0.6) is 11.5 Å². The summed E-state index contributed by atoms with van der Waals surface area (Å²) in [7, 11) is 3.13. The highest BCUT2D eigenvalue weighted by Gasteiger charge is 2.26. The SMILES string of the molecule is COc1ccc(C(=O)NC2CCCc3c2[nH]c2c(Cl)cccc32)cc1OC. The van der Waals surface area contributed by atoms with Crippen molar-refractivity contribution in [2.75, 3.05) is 14.2 Å². The van der Waals surface area contributed by atoms with Crippen LogP contribution in [0, 0.1) is 0 Å². The third-order valence-electron chi connectivity index (χ3n) is 5.14. The van der Waals surface area contributed by atoms with Gasteiger partial charge in [0.15, 0.2) is 11.5 Å². The second-order valence-electron chi connectivity index (χ2n) is 6.67. The molecule has 140 valence electrons. The van der Waals surface area contributed by atoms with Gasteiger partial charge in [0, 0.05) is 16.6 Å². The molecule has 0 spiro atoms. The number of amides is 1. The Balaban J connectivity index is 1.64. The molecule has 4 rings (SSSR count). The number of rotatable bonds is 4. The molecule has 0 fully saturated rings. The first kappa shape index (κ1) is 17.7. The number of aryl methyl sites for hydroxylation is 1. The molecule has 3 aromatic rings. The van der Waals surface area contributed by atoms with Crippen LogP contribution in [-0.4, -0.2) is 25.1 Å². The molecule has 0 saturated carbocycles. The summed E-state index contributed by atoms with van der Waals surface area (Å²) < 4.78 is 10.5. The van der Waals surface area contributed by atoms with Crippen LogP contribution in [0.2, 0.25) is 5.02 Å². The number of ether oxygens (including phenoxy) is 2. The molecule has 2 N–H and O–H groups in total. The van der Waals surface area contributed by atoms with Gasteiger partial charge in [-0.15, -0.1) is 0 Å². The Kier molecular flexibility index (Phi) is 4.70. The Morgan fingerprint density at radius 3 is 2.78 bits per heavy atom. The second kappa shape index (κ2) is 7.16. The number of nitrogens with one attached hydrogen (secondary N) is 2. The molecule has 1 heterocycles. The fraction of sp³-hybridized carbons (Fsp3) is 0.286. The van der Waals surface area contributed by atoms with Crippen LogP contribution in [0.15, 0.2) is 36.4 Å². The van der Waals surface area contributed by atoms with Crippen molar-refractivity contribution >= 4 is 28.4 Å². The summed E-state index contributed by atoms with van der Waals surface area (Å²) in [4.78, 5) is 16.3. The Morgan fingerprint density at radius 1 is 1.19 bits per heavy atom. The number of aromatic amines is 1. The number of fused-ring (bicyclic) bond motifs is 3. The maximum Gasteiger partial charge on any atom is 0.251 e. The smallest absolute Gasteiger partial charge is 0.251 e. The van der Waals surface area contributed by atoms with Crippen molar-refractivity contribution in [3.8, 4) is 11.5 Å². The van der Waals surface area contributed by atoms with Crippen LogP contribution in [-0.2, 0) is 6.42 Å². The first-order chi connectivity index (χ1) is 13.1. The van der Waals surface area contributed by atoms with E-state index in [0.29, 0.717) is 22.1 Å². The standard InChI is InChI=1S/C21H21ClN2O3/c1-26-17-10-9-12(11-18(17)27-2)21(25)23-16-8-4-6-14-13-5-3-7-15(22)19(13)24-20(14)16/h3,5,7,9-11,16,24H,4,6,8H2,1-2H3,(H,23,25). The van der Waals surface area contributed by atoms with Gasteiger partial charge in [0.05, 0.1) is 30.8 Å². The molecule has 0 aliphatic heterocycles. The molecule has 1 unspecified atom stereocenters. The van der Waals surface area contributed by atoms with Crippen LogP contribution in [0.1, 0.15) is 40.5 Å². The van der Waals surface area contributed by atoms with E-state index >= 15 is 0 Å².